The maximum absolute atomic E-state index is 10.6. The second-order valence-electron chi connectivity index (χ2n) is 5.54. The fourth-order valence-electron chi connectivity index (χ4n) is 1.89. The molecular weight excluding hydrogens is 344 g/mol. The zero-order valence-corrected chi connectivity index (χ0v) is 16.6. The first kappa shape index (κ1) is 27.1. The van der Waals surface area contributed by atoms with Gasteiger partial charge >= 0.3 is 5.97 Å². The molecule has 0 aliphatic carbocycles. The highest BCUT2D eigenvalue weighted by atomic mass is 16.5. The number of hydrogen-bond donors (Lipinski definition) is 2. The average Bonchev–Trinajstić information content (AvgIpc) is 2.71. The Morgan fingerprint density at radius 1 is 0.963 bits per heavy atom. The quantitative estimate of drug-likeness (QED) is 0.239. The Labute approximate surface area is 164 Å². The van der Waals surface area contributed by atoms with Crippen molar-refractivity contribution in [3.63, 3.8) is 0 Å². The van der Waals surface area contributed by atoms with Crippen molar-refractivity contribution in [1.29, 1.82) is 0 Å². The smallest absolute Gasteiger partial charge is 0.330 e. The highest BCUT2D eigenvalue weighted by molar-refractivity contribution is 5.81. The number of aliphatic hydroxyl groups is 2. The van der Waals surface area contributed by atoms with E-state index in [1.54, 1.807) is 0 Å². The summed E-state index contributed by atoms with van der Waals surface area (Å²) in [5.74, 6) is 0.517. The molecule has 0 atom stereocenters. The summed E-state index contributed by atoms with van der Waals surface area (Å²) in [6, 6.07) is 9.52. The van der Waals surface area contributed by atoms with Gasteiger partial charge in [0, 0.05) is 6.08 Å². The minimum Gasteiger partial charge on any atom is -0.466 e. The van der Waals surface area contributed by atoms with E-state index in [0.29, 0.717) is 6.61 Å². The monoisotopic (exact) mass is 380 g/mol. The van der Waals surface area contributed by atoms with E-state index in [1.807, 2.05) is 30.3 Å². The predicted molar refractivity (Wildman–Crippen MR) is 111 cm³/mol. The molecule has 154 valence electrons. The number of carbonyl (C=O) groups excluding carboxylic acids is 1. The molecule has 0 heterocycles. The zero-order chi connectivity index (χ0) is 20.6. The van der Waals surface area contributed by atoms with Gasteiger partial charge in [0.15, 0.2) is 0 Å². The summed E-state index contributed by atoms with van der Waals surface area (Å²) in [6.45, 7) is 9.28. The third-order valence-corrected chi connectivity index (χ3v) is 3.22. The maximum atomic E-state index is 10.6. The molecule has 1 aromatic carbocycles. The minimum absolute atomic E-state index is 0.125. The Morgan fingerprint density at radius 2 is 1.52 bits per heavy atom. The lowest BCUT2D eigenvalue weighted by Crippen LogP contribution is -2.01. The van der Waals surface area contributed by atoms with Gasteiger partial charge in [0.1, 0.15) is 5.75 Å². The SMILES string of the molecule is C=CC(=O)OCCCCCCCCC.C=COc1ccccc1.OCCO. The number of hydrogen-bond acceptors (Lipinski definition) is 5. The molecule has 0 fully saturated rings. The van der Waals surface area contributed by atoms with E-state index in [4.69, 9.17) is 19.7 Å². The van der Waals surface area contributed by atoms with Crippen LogP contribution in [0.1, 0.15) is 51.9 Å². The largest absolute Gasteiger partial charge is 0.466 e. The number of para-hydroxylation sites is 1. The van der Waals surface area contributed by atoms with Crippen molar-refractivity contribution in [2.45, 2.75) is 51.9 Å². The van der Waals surface area contributed by atoms with Gasteiger partial charge in [-0.1, -0.05) is 76.8 Å². The first-order chi connectivity index (χ1) is 13.2. The van der Waals surface area contributed by atoms with Crippen molar-refractivity contribution in [2.24, 2.45) is 0 Å². The van der Waals surface area contributed by atoms with Gasteiger partial charge in [-0.2, -0.15) is 0 Å². The third kappa shape index (κ3) is 23.9. The average molecular weight is 381 g/mol. The summed E-state index contributed by atoms with van der Waals surface area (Å²) < 4.78 is 9.83. The van der Waals surface area contributed by atoms with Crippen LogP contribution < -0.4 is 4.74 Å². The first-order valence-electron chi connectivity index (χ1n) is 9.49. The summed E-state index contributed by atoms with van der Waals surface area (Å²) in [6.07, 6.45) is 11.3. The molecule has 1 aromatic rings. The molecule has 1 rings (SSSR count). The molecule has 0 saturated heterocycles. The third-order valence-electron chi connectivity index (χ3n) is 3.22. The van der Waals surface area contributed by atoms with Crippen LogP contribution in [0.5, 0.6) is 5.75 Å². The van der Waals surface area contributed by atoms with Crippen LogP contribution in [0, 0.1) is 0 Å². The number of carbonyl (C=O) groups is 1. The van der Waals surface area contributed by atoms with Crippen LogP contribution in [-0.2, 0) is 9.53 Å². The van der Waals surface area contributed by atoms with Crippen molar-refractivity contribution in [1.82, 2.24) is 0 Å². The Balaban J connectivity index is 0. The van der Waals surface area contributed by atoms with E-state index in [-0.39, 0.29) is 19.2 Å². The fraction of sp³-hybridized carbons (Fsp3) is 0.500. The topological polar surface area (TPSA) is 76.0 Å². The van der Waals surface area contributed by atoms with Gasteiger partial charge in [0.25, 0.3) is 0 Å². The highest BCUT2D eigenvalue weighted by Crippen LogP contribution is 2.07. The summed E-state index contributed by atoms with van der Waals surface area (Å²) in [5, 5.41) is 15.2. The molecule has 0 spiro atoms. The van der Waals surface area contributed by atoms with Gasteiger partial charge in [-0.05, 0) is 18.6 Å². The number of esters is 1. The number of rotatable bonds is 12. The molecule has 5 nitrogen and oxygen atoms in total. The van der Waals surface area contributed by atoms with E-state index < -0.39 is 0 Å². The van der Waals surface area contributed by atoms with Crippen LogP contribution in [0.4, 0.5) is 0 Å². The van der Waals surface area contributed by atoms with E-state index in [2.05, 4.69) is 20.1 Å². The number of benzene rings is 1. The van der Waals surface area contributed by atoms with Gasteiger partial charge in [0.05, 0.1) is 26.1 Å². The van der Waals surface area contributed by atoms with Crippen LogP contribution in [0.2, 0.25) is 0 Å². The van der Waals surface area contributed by atoms with Crippen LogP contribution in [0.3, 0.4) is 0 Å². The van der Waals surface area contributed by atoms with E-state index >= 15 is 0 Å². The molecule has 5 heteroatoms. The van der Waals surface area contributed by atoms with Crippen molar-refractivity contribution >= 4 is 5.97 Å². The first-order valence-corrected chi connectivity index (χ1v) is 9.49. The lowest BCUT2D eigenvalue weighted by molar-refractivity contribution is -0.137. The molecule has 0 saturated carbocycles. The second-order valence-corrected chi connectivity index (χ2v) is 5.54. The molecule has 0 aliphatic heterocycles. The molecule has 0 bridgehead atoms. The Bertz CT molecular complexity index is 443. The summed E-state index contributed by atoms with van der Waals surface area (Å²) in [4.78, 5) is 10.6. The molecule has 27 heavy (non-hydrogen) atoms. The van der Waals surface area contributed by atoms with Gasteiger partial charge < -0.3 is 19.7 Å². The van der Waals surface area contributed by atoms with Crippen molar-refractivity contribution in [2.75, 3.05) is 19.8 Å². The van der Waals surface area contributed by atoms with Crippen LogP contribution in [0.25, 0.3) is 0 Å². The second kappa shape index (κ2) is 23.9. The van der Waals surface area contributed by atoms with Crippen molar-refractivity contribution in [3.8, 4) is 5.75 Å². The fourth-order valence-corrected chi connectivity index (χ4v) is 1.89. The lowest BCUT2D eigenvalue weighted by atomic mass is 10.1. The molecular formula is C22H36O5. The molecule has 2 N–H and O–H groups in total. The van der Waals surface area contributed by atoms with Crippen molar-refractivity contribution < 1.29 is 24.5 Å². The maximum Gasteiger partial charge on any atom is 0.330 e. The van der Waals surface area contributed by atoms with E-state index in [0.717, 1.165) is 18.6 Å². The zero-order valence-electron chi connectivity index (χ0n) is 16.6. The van der Waals surface area contributed by atoms with Gasteiger partial charge in [-0.15, -0.1) is 0 Å². The summed E-state index contributed by atoms with van der Waals surface area (Å²) in [5.41, 5.74) is 0. The molecule has 0 aliphatic rings. The van der Waals surface area contributed by atoms with Gasteiger partial charge in [-0.25, -0.2) is 4.79 Å². The molecule has 0 radical (unpaired) electrons. The highest BCUT2D eigenvalue weighted by Gasteiger charge is 1.95. The molecule has 0 unspecified atom stereocenters. The van der Waals surface area contributed by atoms with Crippen LogP contribution in [0.15, 0.2) is 55.8 Å². The number of unbranched alkanes of at least 4 members (excludes halogenated alkanes) is 6. The normalized spacial score (nSPS) is 9.00. The molecule has 0 amide bonds. The Hall–Kier alpha value is -2.11. The standard InChI is InChI=1S/C12H22O2.C8H8O.C2H6O2/c1-3-5-6-7-8-9-10-11-14-12(13)4-2;1-2-9-8-6-4-3-5-7-8;3-1-2-4/h4H,2-3,5-11H2,1H3;2-7H,1H2;3-4H,1-2H2. The summed E-state index contributed by atoms with van der Waals surface area (Å²) >= 11 is 0. The number of aliphatic hydroxyl groups excluding tert-OH is 2. The Kier molecular flexibility index (Phi) is 24.0. The van der Waals surface area contributed by atoms with Crippen LogP contribution >= 0.6 is 0 Å². The summed E-state index contributed by atoms with van der Waals surface area (Å²) in [7, 11) is 0. The van der Waals surface area contributed by atoms with Gasteiger partial charge in [0.2, 0.25) is 0 Å². The van der Waals surface area contributed by atoms with E-state index in [9.17, 15) is 4.79 Å². The lowest BCUT2D eigenvalue weighted by Gasteiger charge is -2.01. The molecule has 0 aromatic heterocycles. The minimum atomic E-state index is -0.309. The van der Waals surface area contributed by atoms with Crippen LogP contribution in [-0.4, -0.2) is 36.0 Å². The Morgan fingerprint density at radius 3 is 2.00 bits per heavy atom. The van der Waals surface area contributed by atoms with Gasteiger partial charge in [-0.3, -0.25) is 0 Å². The van der Waals surface area contributed by atoms with Crippen molar-refractivity contribution in [3.05, 3.63) is 55.8 Å². The predicted octanol–water partition coefficient (Wildman–Crippen LogP) is 4.65. The number of ether oxygens (including phenoxy) is 2. The van der Waals surface area contributed by atoms with E-state index in [1.165, 1.54) is 44.4 Å².